The Morgan fingerprint density at radius 2 is 2.16 bits per heavy atom. The van der Waals surface area contributed by atoms with E-state index in [4.69, 9.17) is 4.74 Å². The zero-order valence-corrected chi connectivity index (χ0v) is 10.9. The van der Waals surface area contributed by atoms with Crippen LogP contribution in [0, 0.1) is 5.92 Å². The Labute approximate surface area is 111 Å². The third-order valence-electron chi connectivity index (χ3n) is 3.24. The number of imide groups is 1. The number of hydrogen-bond donors (Lipinski definition) is 0. The Hall–Kier alpha value is -2.17. The predicted octanol–water partition coefficient (Wildman–Crippen LogP) is 1.40. The number of carbonyl (C=O) groups excluding carboxylic acids is 3. The lowest BCUT2D eigenvalue weighted by Gasteiger charge is -2.16. The third kappa shape index (κ3) is 2.50. The van der Waals surface area contributed by atoms with Gasteiger partial charge >= 0.3 is 0 Å². The third-order valence-corrected chi connectivity index (χ3v) is 3.24. The van der Waals surface area contributed by atoms with Gasteiger partial charge in [-0.3, -0.25) is 19.3 Å². The molecule has 0 aromatic heterocycles. The van der Waals surface area contributed by atoms with Gasteiger partial charge in [-0.05, 0) is 18.2 Å². The highest BCUT2D eigenvalue weighted by atomic mass is 16.5. The van der Waals surface area contributed by atoms with E-state index in [9.17, 15) is 14.4 Å². The molecular weight excluding hydrogens is 246 g/mol. The van der Waals surface area contributed by atoms with Crippen LogP contribution in [-0.2, 0) is 16.1 Å². The summed E-state index contributed by atoms with van der Waals surface area (Å²) in [4.78, 5) is 35.6. The second-order valence-corrected chi connectivity index (χ2v) is 4.61. The van der Waals surface area contributed by atoms with Gasteiger partial charge in [0.1, 0.15) is 12.0 Å². The zero-order chi connectivity index (χ0) is 14.0. The van der Waals surface area contributed by atoms with Crippen LogP contribution in [0.1, 0.15) is 29.3 Å². The van der Waals surface area contributed by atoms with Crippen LogP contribution in [0.25, 0.3) is 0 Å². The van der Waals surface area contributed by atoms with Crippen LogP contribution in [0.3, 0.4) is 0 Å². The molecule has 1 heterocycles. The molecule has 1 aliphatic heterocycles. The van der Waals surface area contributed by atoms with E-state index in [-0.39, 0.29) is 30.7 Å². The molecule has 5 nitrogen and oxygen atoms in total. The van der Waals surface area contributed by atoms with Crippen LogP contribution in [-0.4, -0.2) is 30.1 Å². The topological polar surface area (TPSA) is 63.7 Å². The number of likely N-dealkylation sites (tertiary alicyclic amines) is 1. The molecule has 1 aliphatic rings. The quantitative estimate of drug-likeness (QED) is 0.607. The first-order chi connectivity index (χ1) is 9.06. The average molecular weight is 261 g/mol. The number of benzene rings is 1. The summed E-state index contributed by atoms with van der Waals surface area (Å²) in [7, 11) is 1.51. The molecule has 0 radical (unpaired) electrons. The highest BCUT2D eigenvalue weighted by molar-refractivity contribution is 6.03. The summed E-state index contributed by atoms with van der Waals surface area (Å²) in [5, 5.41) is 0. The Kier molecular flexibility index (Phi) is 3.64. The van der Waals surface area contributed by atoms with E-state index in [0.717, 1.165) is 6.29 Å². The van der Waals surface area contributed by atoms with E-state index in [1.807, 2.05) is 0 Å². The normalized spacial score (nSPS) is 18.8. The van der Waals surface area contributed by atoms with E-state index in [1.165, 1.54) is 12.0 Å². The Balaban J connectivity index is 2.29. The molecular formula is C14H15NO4. The Morgan fingerprint density at radius 1 is 1.42 bits per heavy atom. The standard InChI is InChI=1S/C14H15NO4/c1-9-5-13(17)15(14(9)18)7-11-6-10(8-16)3-4-12(11)19-2/h3-4,6,8-9H,5,7H2,1-2H3. The fraction of sp³-hybridized carbons (Fsp3) is 0.357. The van der Waals surface area contributed by atoms with E-state index < -0.39 is 0 Å². The summed E-state index contributed by atoms with van der Waals surface area (Å²) in [5.74, 6) is -0.0712. The van der Waals surface area contributed by atoms with Crippen molar-refractivity contribution in [1.29, 1.82) is 0 Å². The molecule has 1 atom stereocenters. The number of amides is 2. The summed E-state index contributed by atoms with van der Waals surface area (Å²) >= 11 is 0. The summed E-state index contributed by atoms with van der Waals surface area (Å²) in [5.41, 5.74) is 1.14. The molecule has 1 unspecified atom stereocenters. The van der Waals surface area contributed by atoms with E-state index in [1.54, 1.807) is 25.1 Å². The minimum absolute atomic E-state index is 0.146. The maximum absolute atomic E-state index is 11.9. The van der Waals surface area contributed by atoms with Gasteiger partial charge in [-0.2, -0.15) is 0 Å². The lowest BCUT2D eigenvalue weighted by molar-refractivity contribution is -0.139. The minimum Gasteiger partial charge on any atom is -0.496 e. The lowest BCUT2D eigenvalue weighted by atomic mass is 10.1. The summed E-state index contributed by atoms with van der Waals surface area (Å²) in [6, 6.07) is 4.93. The van der Waals surface area contributed by atoms with Crippen LogP contribution in [0.4, 0.5) is 0 Å². The van der Waals surface area contributed by atoms with Crippen molar-refractivity contribution in [2.75, 3.05) is 7.11 Å². The molecule has 1 aromatic carbocycles. The van der Waals surface area contributed by atoms with Crippen LogP contribution in [0.15, 0.2) is 18.2 Å². The number of hydrogen-bond acceptors (Lipinski definition) is 4. The molecule has 0 bridgehead atoms. The maximum Gasteiger partial charge on any atom is 0.232 e. The van der Waals surface area contributed by atoms with Crippen molar-refractivity contribution < 1.29 is 19.1 Å². The first-order valence-corrected chi connectivity index (χ1v) is 6.03. The second-order valence-electron chi connectivity index (χ2n) is 4.61. The van der Waals surface area contributed by atoms with Crippen LogP contribution in [0.2, 0.25) is 0 Å². The van der Waals surface area contributed by atoms with Gasteiger partial charge in [0.2, 0.25) is 11.8 Å². The first-order valence-electron chi connectivity index (χ1n) is 6.03. The van der Waals surface area contributed by atoms with E-state index >= 15 is 0 Å². The van der Waals surface area contributed by atoms with Crippen LogP contribution >= 0.6 is 0 Å². The average Bonchev–Trinajstić information content (AvgIpc) is 2.65. The molecule has 2 amide bonds. The highest BCUT2D eigenvalue weighted by Gasteiger charge is 2.35. The van der Waals surface area contributed by atoms with E-state index in [2.05, 4.69) is 0 Å². The van der Waals surface area contributed by atoms with Gasteiger partial charge in [0, 0.05) is 23.5 Å². The summed E-state index contributed by atoms with van der Waals surface area (Å²) in [6.45, 7) is 1.88. The molecule has 1 aromatic rings. The number of methoxy groups -OCH3 is 1. The van der Waals surface area contributed by atoms with E-state index in [0.29, 0.717) is 16.9 Å². The molecule has 1 saturated heterocycles. The van der Waals surface area contributed by atoms with Gasteiger partial charge in [-0.1, -0.05) is 6.92 Å². The maximum atomic E-state index is 11.9. The number of ether oxygens (including phenoxy) is 1. The van der Waals surface area contributed by atoms with Crippen molar-refractivity contribution >= 4 is 18.1 Å². The fourth-order valence-corrected chi connectivity index (χ4v) is 2.18. The van der Waals surface area contributed by atoms with Crippen LogP contribution < -0.4 is 4.74 Å². The van der Waals surface area contributed by atoms with Gasteiger partial charge < -0.3 is 4.74 Å². The van der Waals surface area contributed by atoms with Gasteiger partial charge in [-0.15, -0.1) is 0 Å². The molecule has 19 heavy (non-hydrogen) atoms. The van der Waals surface area contributed by atoms with Crippen LogP contribution in [0.5, 0.6) is 5.75 Å². The molecule has 0 spiro atoms. The van der Waals surface area contributed by atoms with Crippen molar-refractivity contribution in [3.63, 3.8) is 0 Å². The van der Waals surface area contributed by atoms with Gasteiger partial charge in [0.05, 0.1) is 13.7 Å². The smallest absolute Gasteiger partial charge is 0.232 e. The molecule has 5 heteroatoms. The lowest BCUT2D eigenvalue weighted by Crippen LogP contribution is -2.29. The monoisotopic (exact) mass is 261 g/mol. The van der Waals surface area contributed by atoms with Gasteiger partial charge in [0.25, 0.3) is 0 Å². The zero-order valence-electron chi connectivity index (χ0n) is 10.9. The van der Waals surface area contributed by atoms with Crippen molar-refractivity contribution in [3.05, 3.63) is 29.3 Å². The predicted molar refractivity (Wildman–Crippen MR) is 67.7 cm³/mol. The van der Waals surface area contributed by atoms with Crippen molar-refractivity contribution in [2.24, 2.45) is 5.92 Å². The molecule has 2 rings (SSSR count). The number of carbonyl (C=O) groups is 3. The number of rotatable bonds is 4. The minimum atomic E-state index is -0.271. The number of nitrogens with zero attached hydrogens (tertiary/aromatic N) is 1. The Morgan fingerprint density at radius 3 is 2.68 bits per heavy atom. The Bertz CT molecular complexity index is 538. The molecule has 0 N–H and O–H groups in total. The molecule has 0 aliphatic carbocycles. The second kappa shape index (κ2) is 5.22. The first kappa shape index (κ1) is 13.3. The van der Waals surface area contributed by atoms with Crippen molar-refractivity contribution in [2.45, 2.75) is 19.9 Å². The largest absolute Gasteiger partial charge is 0.496 e. The molecule has 0 saturated carbocycles. The summed E-state index contributed by atoms with van der Waals surface area (Å²) in [6.07, 6.45) is 0.966. The highest BCUT2D eigenvalue weighted by Crippen LogP contribution is 2.26. The molecule has 100 valence electrons. The molecule has 1 fully saturated rings. The fourth-order valence-electron chi connectivity index (χ4n) is 2.18. The number of aldehydes is 1. The SMILES string of the molecule is COc1ccc(C=O)cc1CN1C(=O)CC(C)C1=O. The van der Waals surface area contributed by atoms with Gasteiger partial charge in [-0.25, -0.2) is 0 Å². The van der Waals surface area contributed by atoms with Crippen molar-refractivity contribution in [3.8, 4) is 5.75 Å². The van der Waals surface area contributed by atoms with Crippen molar-refractivity contribution in [1.82, 2.24) is 4.90 Å². The summed E-state index contributed by atoms with van der Waals surface area (Å²) < 4.78 is 5.19. The van der Waals surface area contributed by atoms with Gasteiger partial charge in [0.15, 0.2) is 0 Å².